The van der Waals surface area contributed by atoms with Gasteiger partial charge in [0.05, 0.1) is 5.56 Å². The van der Waals surface area contributed by atoms with Gasteiger partial charge >= 0.3 is 0 Å². The third kappa shape index (κ3) is 3.06. The molecule has 0 amide bonds. The Bertz CT molecular complexity index is 352. The molecule has 0 saturated carbocycles. The summed E-state index contributed by atoms with van der Waals surface area (Å²) >= 11 is 0. The van der Waals surface area contributed by atoms with E-state index in [1.54, 1.807) is 0 Å². The van der Waals surface area contributed by atoms with Crippen LogP contribution in [-0.4, -0.2) is 0 Å². The lowest BCUT2D eigenvalue weighted by molar-refractivity contribution is 0.572. The van der Waals surface area contributed by atoms with Gasteiger partial charge in [0.1, 0.15) is 11.6 Å². The molecule has 0 heterocycles. The highest BCUT2D eigenvalue weighted by Gasteiger charge is 2.08. The highest BCUT2D eigenvalue weighted by molar-refractivity contribution is 5.37. The number of benzene rings is 1. The molecular weight excluding hydrogens is 194 g/mol. The Balaban J connectivity index is 2.81. The Kier molecular flexibility index (Phi) is 4.30. The number of unbranched alkanes of at least 4 members (excludes halogenated alkanes) is 2. The van der Waals surface area contributed by atoms with Gasteiger partial charge in [0.2, 0.25) is 0 Å². The molecule has 0 aliphatic rings. The lowest BCUT2D eigenvalue weighted by Crippen LogP contribution is -1.95. The molecule has 0 radical (unpaired) electrons. The molecule has 0 bridgehead atoms. The van der Waals surface area contributed by atoms with Gasteiger partial charge in [0.25, 0.3) is 0 Å². The van der Waals surface area contributed by atoms with Crippen LogP contribution in [0.5, 0.6) is 0 Å². The number of halogens is 2. The van der Waals surface area contributed by atoms with Gasteiger partial charge in [-0.05, 0) is 30.5 Å². The summed E-state index contributed by atoms with van der Waals surface area (Å²) in [5, 5.41) is 0. The van der Waals surface area contributed by atoms with Gasteiger partial charge < -0.3 is 0 Å². The fraction of sp³-hybridized carbons (Fsp3) is 0.385. The van der Waals surface area contributed by atoms with Gasteiger partial charge in [0, 0.05) is 0 Å². The Labute approximate surface area is 89.3 Å². The van der Waals surface area contributed by atoms with Crippen LogP contribution in [0.2, 0.25) is 0 Å². The fourth-order valence-corrected chi connectivity index (χ4v) is 1.49. The molecule has 0 spiro atoms. The minimum Gasteiger partial charge on any atom is -0.206 e. The molecular formula is C13H14F2. The summed E-state index contributed by atoms with van der Waals surface area (Å²) in [5.41, 5.74) is 0.409. The summed E-state index contributed by atoms with van der Waals surface area (Å²) in [5.74, 6) is 0.738. The van der Waals surface area contributed by atoms with Crippen LogP contribution in [0.1, 0.15) is 37.3 Å². The molecule has 1 aromatic rings. The first-order valence-corrected chi connectivity index (χ1v) is 5.13. The SMILES string of the molecule is C#Cc1c(F)cc(CCCCC)cc1F. The van der Waals surface area contributed by atoms with E-state index < -0.39 is 11.6 Å². The maximum Gasteiger partial charge on any atom is 0.142 e. The molecule has 0 aromatic heterocycles. The zero-order chi connectivity index (χ0) is 11.3. The van der Waals surface area contributed by atoms with Crippen LogP contribution >= 0.6 is 0 Å². The lowest BCUT2D eigenvalue weighted by atomic mass is 10.0. The molecule has 15 heavy (non-hydrogen) atoms. The van der Waals surface area contributed by atoms with Gasteiger partial charge in [-0.25, -0.2) is 8.78 Å². The van der Waals surface area contributed by atoms with Crippen molar-refractivity contribution < 1.29 is 8.78 Å². The van der Waals surface area contributed by atoms with Crippen LogP contribution < -0.4 is 0 Å². The van der Waals surface area contributed by atoms with E-state index in [0.717, 1.165) is 19.3 Å². The number of hydrogen-bond acceptors (Lipinski definition) is 0. The van der Waals surface area contributed by atoms with Crippen molar-refractivity contribution >= 4 is 0 Å². The summed E-state index contributed by atoms with van der Waals surface area (Å²) in [6, 6.07) is 2.65. The molecule has 0 saturated heterocycles. The predicted octanol–water partition coefficient (Wildman–Crippen LogP) is 3.68. The second-order valence-corrected chi connectivity index (χ2v) is 3.54. The van der Waals surface area contributed by atoms with Gasteiger partial charge in [0.15, 0.2) is 0 Å². The average molecular weight is 208 g/mol. The van der Waals surface area contributed by atoms with E-state index in [2.05, 4.69) is 6.92 Å². The number of hydrogen-bond donors (Lipinski definition) is 0. The highest BCUT2D eigenvalue weighted by Crippen LogP contribution is 2.16. The molecule has 0 unspecified atom stereocenters. The Morgan fingerprint density at radius 3 is 2.27 bits per heavy atom. The van der Waals surface area contributed by atoms with Crippen molar-refractivity contribution in [2.45, 2.75) is 32.6 Å². The van der Waals surface area contributed by atoms with Crippen LogP contribution in [0, 0.1) is 24.0 Å². The molecule has 1 rings (SSSR count). The molecule has 0 atom stereocenters. The van der Waals surface area contributed by atoms with Crippen molar-refractivity contribution in [2.75, 3.05) is 0 Å². The standard InChI is InChI=1S/C13H14F2/c1-3-5-6-7-10-8-12(14)11(4-2)13(15)9-10/h2,8-9H,3,5-7H2,1H3. The molecule has 0 N–H and O–H groups in total. The zero-order valence-electron chi connectivity index (χ0n) is 8.82. The third-order valence-corrected chi connectivity index (χ3v) is 2.32. The third-order valence-electron chi connectivity index (χ3n) is 2.32. The number of aryl methyl sites for hydroxylation is 1. The quantitative estimate of drug-likeness (QED) is 0.523. The molecule has 0 nitrogen and oxygen atoms in total. The van der Waals surface area contributed by atoms with Crippen molar-refractivity contribution in [3.8, 4) is 12.3 Å². The van der Waals surface area contributed by atoms with Crippen molar-refractivity contribution in [3.05, 3.63) is 34.9 Å². The van der Waals surface area contributed by atoms with E-state index in [1.165, 1.54) is 12.1 Å². The molecule has 0 fully saturated rings. The van der Waals surface area contributed by atoms with E-state index in [4.69, 9.17) is 6.42 Å². The van der Waals surface area contributed by atoms with Crippen LogP contribution in [-0.2, 0) is 6.42 Å². The Morgan fingerprint density at radius 1 is 1.20 bits per heavy atom. The maximum absolute atomic E-state index is 13.2. The van der Waals surface area contributed by atoms with Crippen molar-refractivity contribution in [1.82, 2.24) is 0 Å². The topological polar surface area (TPSA) is 0 Å². The van der Waals surface area contributed by atoms with Gasteiger partial charge in [-0.2, -0.15) is 0 Å². The highest BCUT2D eigenvalue weighted by atomic mass is 19.1. The van der Waals surface area contributed by atoms with Crippen LogP contribution in [0.4, 0.5) is 8.78 Å². The monoisotopic (exact) mass is 208 g/mol. The van der Waals surface area contributed by atoms with Crippen molar-refractivity contribution in [1.29, 1.82) is 0 Å². The minimum atomic E-state index is -0.635. The van der Waals surface area contributed by atoms with E-state index >= 15 is 0 Å². The summed E-state index contributed by atoms with van der Waals surface area (Å²) in [6.45, 7) is 2.09. The fourth-order valence-electron chi connectivity index (χ4n) is 1.49. The molecule has 0 aliphatic carbocycles. The predicted molar refractivity (Wildman–Crippen MR) is 57.5 cm³/mol. The van der Waals surface area contributed by atoms with E-state index in [9.17, 15) is 8.78 Å². The Hall–Kier alpha value is -1.36. The molecule has 1 aromatic carbocycles. The average Bonchev–Trinajstić information content (AvgIpc) is 2.18. The summed E-state index contributed by atoms with van der Waals surface area (Å²) < 4.78 is 26.5. The second kappa shape index (κ2) is 5.50. The first-order valence-electron chi connectivity index (χ1n) is 5.13. The van der Waals surface area contributed by atoms with Gasteiger partial charge in [-0.1, -0.05) is 25.7 Å². The van der Waals surface area contributed by atoms with Crippen LogP contribution in [0.15, 0.2) is 12.1 Å². The second-order valence-electron chi connectivity index (χ2n) is 3.54. The van der Waals surface area contributed by atoms with E-state index in [1.807, 2.05) is 5.92 Å². The zero-order valence-corrected chi connectivity index (χ0v) is 8.82. The van der Waals surface area contributed by atoms with E-state index in [0.29, 0.717) is 12.0 Å². The van der Waals surface area contributed by atoms with Gasteiger partial charge in [-0.15, -0.1) is 6.42 Å². The molecule has 80 valence electrons. The minimum absolute atomic E-state index is 0.269. The molecule has 2 heteroatoms. The smallest absolute Gasteiger partial charge is 0.142 e. The van der Waals surface area contributed by atoms with Gasteiger partial charge in [-0.3, -0.25) is 0 Å². The van der Waals surface area contributed by atoms with Crippen molar-refractivity contribution in [2.24, 2.45) is 0 Å². The molecule has 0 aliphatic heterocycles. The number of terminal acetylenes is 1. The summed E-state index contributed by atoms with van der Waals surface area (Å²) in [6.07, 6.45) is 8.80. The lowest BCUT2D eigenvalue weighted by Gasteiger charge is -2.03. The summed E-state index contributed by atoms with van der Waals surface area (Å²) in [7, 11) is 0. The van der Waals surface area contributed by atoms with Crippen LogP contribution in [0.25, 0.3) is 0 Å². The first kappa shape index (κ1) is 11.7. The Morgan fingerprint density at radius 2 is 1.80 bits per heavy atom. The van der Waals surface area contributed by atoms with E-state index in [-0.39, 0.29) is 5.56 Å². The maximum atomic E-state index is 13.2. The largest absolute Gasteiger partial charge is 0.206 e. The first-order chi connectivity index (χ1) is 7.19. The number of rotatable bonds is 4. The van der Waals surface area contributed by atoms with Crippen LogP contribution in [0.3, 0.4) is 0 Å². The van der Waals surface area contributed by atoms with Crippen molar-refractivity contribution in [3.63, 3.8) is 0 Å². The normalized spacial score (nSPS) is 10.0. The summed E-state index contributed by atoms with van der Waals surface area (Å²) in [4.78, 5) is 0.